The fourth-order valence-corrected chi connectivity index (χ4v) is 2.97. The summed E-state index contributed by atoms with van der Waals surface area (Å²) in [5.41, 5.74) is -0.0197. The summed E-state index contributed by atoms with van der Waals surface area (Å²) in [6.07, 6.45) is 2.37. The summed E-state index contributed by atoms with van der Waals surface area (Å²) in [4.78, 5) is 17.4. The summed E-state index contributed by atoms with van der Waals surface area (Å²) in [7, 11) is 0. The van der Waals surface area contributed by atoms with Gasteiger partial charge in [-0.05, 0) is 43.5 Å². The molecule has 1 saturated heterocycles. The first-order valence-corrected chi connectivity index (χ1v) is 7.37. The SMILES string of the molecule is CCN1CCCC(Nc2cc3ccccc3c(=O)[nH]2)C1. The van der Waals surface area contributed by atoms with E-state index in [-0.39, 0.29) is 5.56 Å². The van der Waals surface area contributed by atoms with Crippen LogP contribution in [0.3, 0.4) is 0 Å². The third-order valence-electron chi connectivity index (χ3n) is 4.07. The summed E-state index contributed by atoms with van der Waals surface area (Å²) in [6, 6.07) is 10.1. The number of anilines is 1. The largest absolute Gasteiger partial charge is 0.368 e. The molecule has 0 bridgehead atoms. The van der Waals surface area contributed by atoms with E-state index in [1.165, 1.54) is 13.0 Å². The van der Waals surface area contributed by atoms with Crippen LogP contribution in [0.1, 0.15) is 19.8 Å². The zero-order valence-electron chi connectivity index (χ0n) is 11.9. The first-order valence-electron chi connectivity index (χ1n) is 7.37. The molecule has 2 N–H and O–H groups in total. The summed E-state index contributed by atoms with van der Waals surface area (Å²) < 4.78 is 0. The van der Waals surface area contributed by atoms with Crippen molar-refractivity contribution in [3.8, 4) is 0 Å². The normalized spacial score (nSPS) is 20.1. The van der Waals surface area contributed by atoms with Gasteiger partial charge in [0.2, 0.25) is 0 Å². The minimum Gasteiger partial charge on any atom is -0.368 e. The van der Waals surface area contributed by atoms with Crippen LogP contribution in [0.5, 0.6) is 0 Å². The second-order valence-electron chi connectivity index (χ2n) is 5.48. The van der Waals surface area contributed by atoms with E-state index in [1.54, 1.807) is 0 Å². The molecule has 0 amide bonds. The van der Waals surface area contributed by atoms with E-state index >= 15 is 0 Å². The Bertz CT molecular complexity index is 649. The van der Waals surface area contributed by atoms with Gasteiger partial charge in [0.1, 0.15) is 5.82 Å². The number of piperidine rings is 1. The number of rotatable bonds is 3. The Balaban J connectivity index is 1.82. The van der Waals surface area contributed by atoms with Crippen molar-refractivity contribution < 1.29 is 0 Å². The molecule has 106 valence electrons. The molecule has 1 aliphatic rings. The quantitative estimate of drug-likeness (QED) is 0.901. The predicted octanol–water partition coefficient (Wildman–Crippen LogP) is 2.42. The van der Waals surface area contributed by atoms with E-state index in [4.69, 9.17) is 0 Å². The number of aromatic nitrogens is 1. The molecule has 0 aliphatic carbocycles. The number of H-pyrrole nitrogens is 1. The third kappa shape index (κ3) is 2.70. The van der Waals surface area contributed by atoms with Crippen LogP contribution in [0.15, 0.2) is 35.1 Å². The molecule has 4 heteroatoms. The van der Waals surface area contributed by atoms with Gasteiger partial charge in [0.25, 0.3) is 5.56 Å². The molecule has 1 atom stereocenters. The Kier molecular flexibility index (Phi) is 3.74. The summed E-state index contributed by atoms with van der Waals surface area (Å²) in [6.45, 7) is 5.51. The van der Waals surface area contributed by atoms with Crippen molar-refractivity contribution in [1.29, 1.82) is 0 Å². The zero-order valence-corrected chi connectivity index (χ0v) is 11.9. The fourth-order valence-electron chi connectivity index (χ4n) is 2.97. The van der Waals surface area contributed by atoms with Crippen LogP contribution in [0.4, 0.5) is 5.82 Å². The van der Waals surface area contributed by atoms with Gasteiger partial charge >= 0.3 is 0 Å². The van der Waals surface area contributed by atoms with Gasteiger partial charge in [-0.2, -0.15) is 0 Å². The van der Waals surface area contributed by atoms with Gasteiger partial charge in [-0.3, -0.25) is 4.79 Å². The zero-order chi connectivity index (χ0) is 13.9. The van der Waals surface area contributed by atoms with Gasteiger partial charge in [-0.15, -0.1) is 0 Å². The van der Waals surface area contributed by atoms with Crippen molar-refractivity contribution in [3.63, 3.8) is 0 Å². The number of nitrogens with one attached hydrogen (secondary N) is 2. The van der Waals surface area contributed by atoms with Crippen molar-refractivity contribution in [3.05, 3.63) is 40.7 Å². The van der Waals surface area contributed by atoms with E-state index in [0.29, 0.717) is 6.04 Å². The van der Waals surface area contributed by atoms with Gasteiger partial charge < -0.3 is 15.2 Å². The monoisotopic (exact) mass is 271 g/mol. The molecule has 3 rings (SSSR count). The number of likely N-dealkylation sites (N-methyl/N-ethyl adjacent to an activating group) is 1. The second kappa shape index (κ2) is 5.67. The molecular formula is C16H21N3O. The number of hydrogen-bond donors (Lipinski definition) is 2. The lowest BCUT2D eigenvalue weighted by Gasteiger charge is -2.32. The number of nitrogens with zero attached hydrogens (tertiary/aromatic N) is 1. The van der Waals surface area contributed by atoms with Crippen LogP contribution in [-0.2, 0) is 0 Å². The Hall–Kier alpha value is -1.81. The lowest BCUT2D eigenvalue weighted by Crippen LogP contribution is -2.42. The van der Waals surface area contributed by atoms with Gasteiger partial charge in [0, 0.05) is 18.0 Å². The van der Waals surface area contributed by atoms with Crippen LogP contribution in [0.2, 0.25) is 0 Å². The standard InChI is InChI=1S/C16H21N3O/c1-2-19-9-5-7-13(11-19)17-15-10-12-6-3-4-8-14(12)16(20)18-15/h3-4,6,8,10,13H,2,5,7,9,11H2,1H3,(H2,17,18,20). The molecule has 1 aliphatic heterocycles. The topological polar surface area (TPSA) is 48.1 Å². The first-order chi connectivity index (χ1) is 9.76. The summed E-state index contributed by atoms with van der Waals surface area (Å²) in [5, 5.41) is 5.22. The van der Waals surface area contributed by atoms with Crippen LogP contribution in [0, 0.1) is 0 Å². The van der Waals surface area contributed by atoms with Crippen molar-refractivity contribution in [1.82, 2.24) is 9.88 Å². The molecule has 1 aromatic carbocycles. The van der Waals surface area contributed by atoms with Gasteiger partial charge in [-0.25, -0.2) is 0 Å². The molecule has 2 aromatic rings. The summed E-state index contributed by atoms with van der Waals surface area (Å²) in [5.74, 6) is 0.830. The molecule has 2 heterocycles. The number of hydrogen-bond acceptors (Lipinski definition) is 3. The second-order valence-corrected chi connectivity index (χ2v) is 5.48. The van der Waals surface area contributed by atoms with Crippen molar-refractivity contribution in [2.75, 3.05) is 25.0 Å². The van der Waals surface area contributed by atoms with Crippen LogP contribution < -0.4 is 10.9 Å². The van der Waals surface area contributed by atoms with Crippen LogP contribution >= 0.6 is 0 Å². The van der Waals surface area contributed by atoms with Crippen molar-refractivity contribution in [2.45, 2.75) is 25.8 Å². The maximum absolute atomic E-state index is 12.1. The lowest BCUT2D eigenvalue weighted by atomic mass is 10.1. The molecule has 0 saturated carbocycles. The van der Waals surface area contributed by atoms with E-state index in [9.17, 15) is 4.79 Å². The minimum atomic E-state index is -0.0197. The molecule has 1 unspecified atom stereocenters. The Morgan fingerprint density at radius 1 is 1.40 bits per heavy atom. The van der Waals surface area contributed by atoms with Crippen LogP contribution in [-0.4, -0.2) is 35.6 Å². The van der Waals surface area contributed by atoms with Crippen molar-refractivity contribution >= 4 is 16.6 Å². The average molecular weight is 271 g/mol. The molecule has 20 heavy (non-hydrogen) atoms. The summed E-state index contributed by atoms with van der Waals surface area (Å²) >= 11 is 0. The smallest absolute Gasteiger partial charge is 0.257 e. The maximum Gasteiger partial charge on any atom is 0.257 e. The molecule has 0 spiro atoms. The number of aromatic amines is 1. The Labute approximate surface area is 118 Å². The van der Waals surface area contributed by atoms with E-state index in [2.05, 4.69) is 22.1 Å². The highest BCUT2D eigenvalue weighted by Gasteiger charge is 2.18. The molecule has 0 radical (unpaired) electrons. The maximum atomic E-state index is 12.1. The number of benzene rings is 1. The van der Waals surface area contributed by atoms with Gasteiger partial charge in [0.05, 0.1) is 0 Å². The highest BCUT2D eigenvalue weighted by Crippen LogP contribution is 2.17. The third-order valence-corrected chi connectivity index (χ3v) is 4.07. The van der Waals surface area contributed by atoms with E-state index in [0.717, 1.165) is 36.1 Å². The molecule has 1 aromatic heterocycles. The number of pyridine rings is 1. The van der Waals surface area contributed by atoms with Crippen molar-refractivity contribution in [2.24, 2.45) is 0 Å². The lowest BCUT2D eigenvalue weighted by molar-refractivity contribution is 0.226. The minimum absolute atomic E-state index is 0.0197. The highest BCUT2D eigenvalue weighted by molar-refractivity contribution is 5.83. The van der Waals surface area contributed by atoms with E-state index in [1.807, 2.05) is 30.3 Å². The highest BCUT2D eigenvalue weighted by atomic mass is 16.1. The average Bonchev–Trinajstić information content (AvgIpc) is 2.47. The Morgan fingerprint density at radius 2 is 2.25 bits per heavy atom. The molecule has 1 fully saturated rings. The molecular weight excluding hydrogens is 250 g/mol. The number of likely N-dealkylation sites (tertiary alicyclic amines) is 1. The van der Waals surface area contributed by atoms with Crippen LogP contribution in [0.25, 0.3) is 10.8 Å². The predicted molar refractivity (Wildman–Crippen MR) is 83.3 cm³/mol. The van der Waals surface area contributed by atoms with E-state index < -0.39 is 0 Å². The first kappa shape index (κ1) is 13.2. The fraction of sp³-hybridized carbons (Fsp3) is 0.438. The van der Waals surface area contributed by atoms with Gasteiger partial charge in [-0.1, -0.05) is 25.1 Å². The Morgan fingerprint density at radius 3 is 3.10 bits per heavy atom. The molecule has 4 nitrogen and oxygen atoms in total. The number of fused-ring (bicyclic) bond motifs is 1. The van der Waals surface area contributed by atoms with Gasteiger partial charge in [0.15, 0.2) is 0 Å².